The summed E-state index contributed by atoms with van der Waals surface area (Å²) in [5, 5.41) is 13.1. The predicted octanol–water partition coefficient (Wildman–Crippen LogP) is 2.15. The van der Waals surface area contributed by atoms with Crippen molar-refractivity contribution in [1.82, 2.24) is 0 Å². The van der Waals surface area contributed by atoms with Crippen LogP contribution in [-0.2, 0) is 0 Å². The Labute approximate surface area is 91.3 Å². The van der Waals surface area contributed by atoms with Crippen LogP contribution in [0.1, 0.15) is 25.8 Å². The molecule has 0 aliphatic rings. The topological polar surface area (TPSA) is 58.3 Å². The van der Waals surface area contributed by atoms with Crippen LogP contribution in [0.4, 0.5) is 11.4 Å². The number of hydrogen-bond donors (Lipinski definition) is 3. The third kappa shape index (κ3) is 3.44. The van der Waals surface area contributed by atoms with Crippen molar-refractivity contribution < 1.29 is 5.11 Å². The molecule has 0 radical (unpaired) electrons. The van der Waals surface area contributed by atoms with Crippen molar-refractivity contribution in [2.24, 2.45) is 0 Å². The van der Waals surface area contributed by atoms with Crippen molar-refractivity contribution in [3.63, 3.8) is 0 Å². The zero-order valence-corrected chi connectivity index (χ0v) is 9.67. The quantitative estimate of drug-likeness (QED) is 0.664. The summed E-state index contributed by atoms with van der Waals surface area (Å²) in [5.74, 6) is 0. The van der Waals surface area contributed by atoms with Gasteiger partial charge in [-0.15, -0.1) is 0 Å². The summed E-state index contributed by atoms with van der Waals surface area (Å²) in [6, 6.07) is 5.73. The molecule has 0 aliphatic heterocycles. The van der Waals surface area contributed by atoms with Gasteiger partial charge in [0.25, 0.3) is 0 Å². The van der Waals surface area contributed by atoms with Crippen molar-refractivity contribution in [2.75, 3.05) is 17.6 Å². The minimum atomic E-state index is -0.670. The minimum Gasteiger partial charge on any atom is -0.399 e. The van der Waals surface area contributed by atoms with Crippen LogP contribution in [0.3, 0.4) is 0 Å². The molecule has 84 valence electrons. The van der Waals surface area contributed by atoms with Crippen LogP contribution < -0.4 is 11.1 Å². The zero-order chi connectivity index (χ0) is 11.5. The Morgan fingerprint density at radius 3 is 2.73 bits per heavy atom. The van der Waals surface area contributed by atoms with E-state index in [0.717, 1.165) is 23.4 Å². The van der Waals surface area contributed by atoms with Gasteiger partial charge in [-0.1, -0.05) is 13.0 Å². The molecule has 0 saturated carbocycles. The second-order valence-electron chi connectivity index (χ2n) is 4.28. The van der Waals surface area contributed by atoms with E-state index >= 15 is 0 Å². The molecule has 0 aromatic heterocycles. The third-order valence-electron chi connectivity index (χ3n) is 2.68. The lowest BCUT2D eigenvalue weighted by Crippen LogP contribution is -2.32. The van der Waals surface area contributed by atoms with Crippen LogP contribution in [-0.4, -0.2) is 17.3 Å². The minimum absolute atomic E-state index is 0.536. The molecule has 3 nitrogen and oxygen atoms in total. The van der Waals surface area contributed by atoms with E-state index in [-0.39, 0.29) is 0 Å². The maximum absolute atomic E-state index is 9.85. The van der Waals surface area contributed by atoms with Crippen LogP contribution in [0.25, 0.3) is 0 Å². The predicted molar refractivity (Wildman–Crippen MR) is 65.0 cm³/mol. The van der Waals surface area contributed by atoms with Crippen LogP contribution in [0.15, 0.2) is 18.2 Å². The molecule has 1 unspecified atom stereocenters. The lowest BCUT2D eigenvalue weighted by molar-refractivity contribution is 0.0697. The molecular weight excluding hydrogens is 188 g/mol. The van der Waals surface area contributed by atoms with Gasteiger partial charge in [-0.2, -0.15) is 0 Å². The van der Waals surface area contributed by atoms with E-state index in [1.165, 1.54) is 0 Å². The van der Waals surface area contributed by atoms with Crippen molar-refractivity contribution in [3.8, 4) is 0 Å². The zero-order valence-electron chi connectivity index (χ0n) is 9.67. The molecule has 0 saturated heterocycles. The van der Waals surface area contributed by atoms with Crippen LogP contribution >= 0.6 is 0 Å². The molecule has 0 fully saturated rings. The first-order chi connectivity index (χ1) is 6.94. The summed E-state index contributed by atoms with van der Waals surface area (Å²) in [6.07, 6.45) is 0.724. The van der Waals surface area contributed by atoms with Crippen LogP contribution in [0.5, 0.6) is 0 Å². The summed E-state index contributed by atoms with van der Waals surface area (Å²) >= 11 is 0. The lowest BCUT2D eigenvalue weighted by atomic mass is 10.0. The molecule has 1 aromatic carbocycles. The first kappa shape index (κ1) is 11.9. The Hall–Kier alpha value is -1.22. The summed E-state index contributed by atoms with van der Waals surface area (Å²) in [7, 11) is 0. The number of nitrogens with two attached hydrogens (primary N) is 1. The fourth-order valence-electron chi connectivity index (χ4n) is 1.24. The first-order valence-corrected chi connectivity index (χ1v) is 5.27. The Balaban J connectivity index is 2.69. The fourth-order valence-corrected chi connectivity index (χ4v) is 1.24. The Kier molecular flexibility index (Phi) is 3.58. The van der Waals surface area contributed by atoms with E-state index in [4.69, 9.17) is 5.73 Å². The monoisotopic (exact) mass is 208 g/mol. The molecule has 0 bridgehead atoms. The molecule has 0 spiro atoms. The molecule has 1 atom stereocenters. The van der Waals surface area contributed by atoms with Gasteiger partial charge in [0.2, 0.25) is 0 Å². The van der Waals surface area contributed by atoms with Gasteiger partial charge in [0.1, 0.15) is 0 Å². The molecular formula is C12H20N2O. The van der Waals surface area contributed by atoms with E-state index in [9.17, 15) is 5.11 Å². The largest absolute Gasteiger partial charge is 0.399 e. The van der Waals surface area contributed by atoms with E-state index in [2.05, 4.69) is 5.32 Å². The second-order valence-corrected chi connectivity index (χ2v) is 4.28. The smallest absolute Gasteiger partial charge is 0.0788 e. The third-order valence-corrected chi connectivity index (χ3v) is 2.68. The van der Waals surface area contributed by atoms with E-state index in [0.29, 0.717) is 6.54 Å². The number of nitrogens with one attached hydrogen (secondary N) is 1. The normalized spacial score (nSPS) is 14.7. The Bertz CT molecular complexity index is 334. The van der Waals surface area contributed by atoms with Gasteiger partial charge in [0.05, 0.1) is 5.60 Å². The van der Waals surface area contributed by atoms with Crippen molar-refractivity contribution >= 4 is 11.4 Å². The highest BCUT2D eigenvalue weighted by atomic mass is 16.3. The molecule has 0 heterocycles. The molecule has 4 N–H and O–H groups in total. The first-order valence-electron chi connectivity index (χ1n) is 5.27. The van der Waals surface area contributed by atoms with Crippen LogP contribution in [0, 0.1) is 6.92 Å². The SMILES string of the molecule is CCC(C)(O)CNc1cc(N)ccc1C. The average Bonchev–Trinajstić information content (AvgIpc) is 2.20. The number of anilines is 2. The second kappa shape index (κ2) is 4.53. The van der Waals surface area contributed by atoms with Gasteiger partial charge in [0.15, 0.2) is 0 Å². The maximum atomic E-state index is 9.85. The maximum Gasteiger partial charge on any atom is 0.0788 e. The van der Waals surface area contributed by atoms with Gasteiger partial charge in [-0.05, 0) is 38.0 Å². The van der Waals surface area contributed by atoms with Gasteiger partial charge in [0, 0.05) is 17.9 Å². The average molecular weight is 208 g/mol. The number of benzene rings is 1. The molecule has 0 amide bonds. The number of nitrogen functional groups attached to an aromatic ring is 1. The number of aliphatic hydroxyl groups is 1. The molecule has 1 rings (SSSR count). The van der Waals surface area contributed by atoms with Gasteiger partial charge >= 0.3 is 0 Å². The lowest BCUT2D eigenvalue weighted by Gasteiger charge is -2.23. The number of rotatable bonds is 4. The summed E-state index contributed by atoms with van der Waals surface area (Å²) < 4.78 is 0. The van der Waals surface area contributed by atoms with E-state index in [1.807, 2.05) is 39.0 Å². The molecule has 15 heavy (non-hydrogen) atoms. The Morgan fingerprint density at radius 1 is 1.47 bits per heavy atom. The number of hydrogen-bond acceptors (Lipinski definition) is 3. The van der Waals surface area contributed by atoms with Crippen LogP contribution in [0.2, 0.25) is 0 Å². The summed E-state index contributed by atoms with van der Waals surface area (Å²) in [4.78, 5) is 0. The summed E-state index contributed by atoms with van der Waals surface area (Å²) in [6.45, 7) is 6.34. The van der Waals surface area contributed by atoms with E-state index < -0.39 is 5.60 Å². The molecule has 1 aromatic rings. The van der Waals surface area contributed by atoms with Gasteiger partial charge in [-0.3, -0.25) is 0 Å². The highest BCUT2D eigenvalue weighted by molar-refractivity contribution is 5.59. The summed E-state index contributed by atoms with van der Waals surface area (Å²) in [5.41, 5.74) is 7.89. The Morgan fingerprint density at radius 2 is 2.13 bits per heavy atom. The molecule has 3 heteroatoms. The fraction of sp³-hybridized carbons (Fsp3) is 0.500. The highest BCUT2D eigenvalue weighted by Crippen LogP contribution is 2.19. The molecule has 0 aliphatic carbocycles. The standard InChI is InChI=1S/C12H20N2O/c1-4-12(3,15)8-14-11-7-10(13)6-5-9(11)2/h5-7,14-15H,4,8,13H2,1-3H3. The van der Waals surface area contributed by atoms with Gasteiger partial charge < -0.3 is 16.2 Å². The van der Waals surface area contributed by atoms with Crippen molar-refractivity contribution in [3.05, 3.63) is 23.8 Å². The van der Waals surface area contributed by atoms with Gasteiger partial charge in [-0.25, -0.2) is 0 Å². The van der Waals surface area contributed by atoms with E-state index in [1.54, 1.807) is 0 Å². The highest BCUT2D eigenvalue weighted by Gasteiger charge is 2.16. The van der Waals surface area contributed by atoms with Crippen molar-refractivity contribution in [2.45, 2.75) is 32.8 Å². The number of aryl methyl sites for hydroxylation is 1. The van der Waals surface area contributed by atoms with Crippen molar-refractivity contribution in [1.29, 1.82) is 0 Å².